The van der Waals surface area contributed by atoms with Gasteiger partial charge in [-0.3, -0.25) is 0 Å². The Morgan fingerprint density at radius 2 is 1.77 bits per heavy atom. The van der Waals surface area contributed by atoms with E-state index in [4.69, 9.17) is 8.92 Å². The summed E-state index contributed by atoms with van der Waals surface area (Å²) in [7, 11) is -3.87. The van der Waals surface area contributed by atoms with Crippen molar-refractivity contribution in [1.82, 2.24) is 0 Å². The molecule has 0 N–H and O–H groups in total. The van der Waals surface area contributed by atoms with Gasteiger partial charge >= 0.3 is 10.1 Å². The molecular formula is C17H18O4S. The Morgan fingerprint density at radius 1 is 1.09 bits per heavy atom. The highest BCUT2D eigenvalue weighted by molar-refractivity contribution is 7.87. The van der Waals surface area contributed by atoms with Gasteiger partial charge in [-0.15, -0.1) is 0 Å². The van der Waals surface area contributed by atoms with E-state index in [1.54, 1.807) is 36.4 Å². The van der Waals surface area contributed by atoms with Gasteiger partial charge in [-0.1, -0.05) is 29.8 Å². The Balaban J connectivity index is 1.95. The molecule has 0 unspecified atom stereocenters. The van der Waals surface area contributed by atoms with Crippen molar-refractivity contribution in [2.24, 2.45) is 0 Å². The first-order valence-corrected chi connectivity index (χ1v) is 8.50. The van der Waals surface area contributed by atoms with Gasteiger partial charge < -0.3 is 8.92 Å². The zero-order valence-electron chi connectivity index (χ0n) is 12.8. The standard InChI is InChI=1S/C17H18O4S/c1-12-7-9-14(10-8-12)22(18,19)21-15-6-4-5-13-11-17(2,3)20-16(13)15/h4-10H,11H2,1-3H3. The molecular weight excluding hydrogens is 300 g/mol. The van der Waals surface area contributed by atoms with Gasteiger partial charge in [0.05, 0.1) is 0 Å². The van der Waals surface area contributed by atoms with Crippen molar-refractivity contribution in [3.8, 4) is 11.5 Å². The normalized spacial score (nSPS) is 16.0. The highest BCUT2D eigenvalue weighted by Gasteiger charge is 2.33. The molecule has 0 fully saturated rings. The predicted octanol–water partition coefficient (Wildman–Crippen LogP) is 3.48. The zero-order valence-corrected chi connectivity index (χ0v) is 13.6. The summed E-state index contributed by atoms with van der Waals surface area (Å²) >= 11 is 0. The summed E-state index contributed by atoms with van der Waals surface area (Å²) in [6, 6.07) is 11.9. The summed E-state index contributed by atoms with van der Waals surface area (Å²) in [5.41, 5.74) is 1.60. The Morgan fingerprint density at radius 3 is 2.45 bits per heavy atom. The van der Waals surface area contributed by atoms with Crippen LogP contribution in [0.1, 0.15) is 25.0 Å². The van der Waals surface area contributed by atoms with E-state index in [2.05, 4.69) is 0 Å². The van der Waals surface area contributed by atoms with E-state index >= 15 is 0 Å². The van der Waals surface area contributed by atoms with Crippen molar-refractivity contribution in [2.45, 2.75) is 37.7 Å². The molecule has 0 saturated carbocycles. The third-order valence-corrected chi connectivity index (χ3v) is 4.81. The quantitative estimate of drug-likeness (QED) is 0.813. The van der Waals surface area contributed by atoms with Crippen molar-refractivity contribution in [3.05, 3.63) is 53.6 Å². The van der Waals surface area contributed by atoms with Gasteiger partial charge in [0.25, 0.3) is 0 Å². The fourth-order valence-corrected chi connectivity index (χ4v) is 3.46. The smallest absolute Gasteiger partial charge is 0.339 e. The second kappa shape index (κ2) is 5.02. The lowest BCUT2D eigenvalue weighted by Crippen LogP contribution is -2.24. The van der Waals surface area contributed by atoms with Gasteiger partial charge in [-0.2, -0.15) is 8.42 Å². The van der Waals surface area contributed by atoms with E-state index in [0.717, 1.165) is 17.5 Å². The van der Waals surface area contributed by atoms with Gasteiger partial charge in [0.1, 0.15) is 10.5 Å². The van der Waals surface area contributed by atoms with Gasteiger partial charge in [0, 0.05) is 12.0 Å². The van der Waals surface area contributed by atoms with Gasteiger partial charge in [-0.05, 0) is 39.0 Å². The van der Waals surface area contributed by atoms with Crippen LogP contribution in [0.2, 0.25) is 0 Å². The van der Waals surface area contributed by atoms with Crippen LogP contribution in [0, 0.1) is 6.92 Å². The van der Waals surface area contributed by atoms with E-state index in [1.165, 1.54) is 0 Å². The van der Waals surface area contributed by atoms with Crippen LogP contribution in [0.25, 0.3) is 0 Å². The first kappa shape index (κ1) is 14.9. The minimum absolute atomic E-state index is 0.132. The number of para-hydroxylation sites is 1. The summed E-state index contributed by atoms with van der Waals surface area (Å²) in [4.78, 5) is 0.132. The molecule has 22 heavy (non-hydrogen) atoms. The number of fused-ring (bicyclic) bond motifs is 1. The zero-order chi connectivity index (χ0) is 16.0. The molecule has 0 aromatic heterocycles. The molecule has 2 aromatic rings. The SMILES string of the molecule is Cc1ccc(S(=O)(=O)Oc2cccc3c2OC(C)(C)C3)cc1. The molecule has 0 saturated heterocycles. The lowest BCUT2D eigenvalue weighted by Gasteiger charge is -2.18. The van der Waals surface area contributed by atoms with Crippen LogP contribution in [0.4, 0.5) is 0 Å². The highest BCUT2D eigenvalue weighted by atomic mass is 32.2. The van der Waals surface area contributed by atoms with Gasteiger partial charge in [-0.25, -0.2) is 0 Å². The summed E-state index contributed by atoms with van der Waals surface area (Å²) in [5.74, 6) is 0.756. The Hall–Kier alpha value is -2.01. The van der Waals surface area contributed by atoms with Crippen molar-refractivity contribution < 1.29 is 17.3 Å². The van der Waals surface area contributed by atoms with Gasteiger partial charge in [0.2, 0.25) is 0 Å². The predicted molar refractivity (Wildman–Crippen MR) is 83.8 cm³/mol. The number of hydrogen-bond acceptors (Lipinski definition) is 4. The molecule has 1 heterocycles. The lowest BCUT2D eigenvalue weighted by atomic mass is 10.0. The lowest BCUT2D eigenvalue weighted by molar-refractivity contribution is 0.136. The summed E-state index contributed by atoms with van der Waals surface area (Å²) in [5, 5.41) is 0. The molecule has 0 aliphatic carbocycles. The Kier molecular flexibility index (Phi) is 3.40. The topological polar surface area (TPSA) is 52.6 Å². The third-order valence-electron chi connectivity index (χ3n) is 3.56. The minimum Gasteiger partial charge on any atom is -0.483 e. The summed E-state index contributed by atoms with van der Waals surface area (Å²) in [6.07, 6.45) is 0.726. The highest BCUT2D eigenvalue weighted by Crippen LogP contribution is 2.42. The van der Waals surface area contributed by atoms with E-state index in [0.29, 0.717) is 5.75 Å². The van der Waals surface area contributed by atoms with Crippen LogP contribution in [0.3, 0.4) is 0 Å². The molecule has 0 amide bonds. The first-order chi connectivity index (χ1) is 10.3. The van der Waals surface area contributed by atoms with E-state index in [-0.39, 0.29) is 16.2 Å². The molecule has 1 aliphatic rings. The summed E-state index contributed by atoms with van der Waals surface area (Å²) in [6.45, 7) is 5.83. The van der Waals surface area contributed by atoms with Crippen molar-refractivity contribution in [2.75, 3.05) is 0 Å². The van der Waals surface area contributed by atoms with Crippen LogP contribution in [-0.2, 0) is 16.5 Å². The van der Waals surface area contributed by atoms with Crippen LogP contribution in [-0.4, -0.2) is 14.0 Å². The fourth-order valence-electron chi connectivity index (χ4n) is 2.52. The number of rotatable bonds is 3. The van der Waals surface area contributed by atoms with Crippen LogP contribution < -0.4 is 8.92 Å². The van der Waals surface area contributed by atoms with Crippen LogP contribution in [0.5, 0.6) is 11.5 Å². The fraction of sp³-hybridized carbons (Fsp3) is 0.294. The third kappa shape index (κ3) is 2.81. The molecule has 3 rings (SSSR count). The molecule has 0 spiro atoms. The van der Waals surface area contributed by atoms with Crippen molar-refractivity contribution in [1.29, 1.82) is 0 Å². The van der Waals surface area contributed by atoms with Crippen molar-refractivity contribution >= 4 is 10.1 Å². The minimum atomic E-state index is -3.87. The maximum Gasteiger partial charge on any atom is 0.339 e. The van der Waals surface area contributed by atoms with Gasteiger partial charge in [0.15, 0.2) is 11.5 Å². The summed E-state index contributed by atoms with van der Waals surface area (Å²) < 4.78 is 35.9. The van der Waals surface area contributed by atoms with Crippen LogP contribution >= 0.6 is 0 Å². The molecule has 0 atom stereocenters. The first-order valence-electron chi connectivity index (χ1n) is 7.09. The Labute approximate surface area is 130 Å². The number of benzene rings is 2. The second-order valence-corrected chi connectivity index (χ2v) is 7.68. The second-order valence-electron chi connectivity index (χ2n) is 6.13. The number of ether oxygens (including phenoxy) is 1. The molecule has 0 bridgehead atoms. The molecule has 2 aromatic carbocycles. The molecule has 116 valence electrons. The maximum absolute atomic E-state index is 12.4. The van der Waals surface area contributed by atoms with E-state index < -0.39 is 10.1 Å². The van der Waals surface area contributed by atoms with Crippen molar-refractivity contribution in [3.63, 3.8) is 0 Å². The maximum atomic E-state index is 12.4. The molecule has 5 heteroatoms. The Bertz CT molecular complexity index is 805. The monoisotopic (exact) mass is 318 g/mol. The molecule has 1 aliphatic heterocycles. The largest absolute Gasteiger partial charge is 0.483 e. The molecule has 4 nitrogen and oxygen atoms in total. The average molecular weight is 318 g/mol. The number of hydrogen-bond donors (Lipinski definition) is 0. The number of aryl methyl sites for hydroxylation is 1. The van der Waals surface area contributed by atoms with E-state index in [9.17, 15) is 8.42 Å². The average Bonchev–Trinajstić information content (AvgIpc) is 2.74. The van der Waals surface area contributed by atoms with Crippen LogP contribution in [0.15, 0.2) is 47.4 Å². The van der Waals surface area contributed by atoms with E-state index in [1.807, 2.05) is 26.8 Å². The molecule has 0 radical (unpaired) electrons.